The molecule has 0 atom stereocenters. The number of carboxylic acids is 1. The molecule has 0 bridgehead atoms. The summed E-state index contributed by atoms with van der Waals surface area (Å²) in [5.41, 5.74) is 3.45. The minimum atomic E-state index is -0.813. The van der Waals surface area contributed by atoms with Crippen molar-refractivity contribution < 1.29 is 19.5 Å². The van der Waals surface area contributed by atoms with E-state index in [0.717, 1.165) is 11.1 Å². The van der Waals surface area contributed by atoms with Gasteiger partial charge in [0.25, 0.3) is 5.91 Å². The maximum Gasteiger partial charge on any atom is 0.306 e. The molecule has 1 heterocycles. The number of rotatable bonds is 4. The lowest BCUT2D eigenvalue weighted by Gasteiger charge is -2.30. The Labute approximate surface area is 158 Å². The molecule has 27 heavy (non-hydrogen) atoms. The van der Waals surface area contributed by atoms with Crippen LogP contribution in [0, 0.1) is 19.8 Å². The SMILES string of the molecule is Cc1ccc(C(=O)c2ccccc2C(=O)N2CCC(C(=O)O)CC2)cc1C. The first-order valence-corrected chi connectivity index (χ1v) is 9.11. The largest absolute Gasteiger partial charge is 0.481 e. The number of carboxylic acid groups (broad SMARTS) is 1. The fraction of sp³-hybridized carbons (Fsp3) is 0.318. The lowest BCUT2D eigenvalue weighted by molar-refractivity contribution is -0.143. The fourth-order valence-electron chi connectivity index (χ4n) is 3.41. The third-order valence-electron chi connectivity index (χ3n) is 5.30. The van der Waals surface area contributed by atoms with Gasteiger partial charge in [0.2, 0.25) is 0 Å². The molecule has 1 fully saturated rings. The summed E-state index contributed by atoms with van der Waals surface area (Å²) in [5.74, 6) is -1.61. The van der Waals surface area contributed by atoms with Crippen molar-refractivity contribution in [1.82, 2.24) is 4.90 Å². The number of likely N-dealkylation sites (tertiary alicyclic amines) is 1. The van der Waals surface area contributed by atoms with Gasteiger partial charge in [-0.2, -0.15) is 0 Å². The van der Waals surface area contributed by atoms with Gasteiger partial charge in [-0.3, -0.25) is 14.4 Å². The molecule has 140 valence electrons. The van der Waals surface area contributed by atoms with E-state index in [1.165, 1.54) is 0 Å². The molecule has 0 spiro atoms. The molecular weight excluding hydrogens is 342 g/mol. The van der Waals surface area contributed by atoms with Crippen molar-refractivity contribution in [2.24, 2.45) is 5.92 Å². The van der Waals surface area contributed by atoms with Crippen LogP contribution in [0.15, 0.2) is 42.5 Å². The molecule has 1 saturated heterocycles. The number of aliphatic carboxylic acids is 1. The second-order valence-electron chi connectivity index (χ2n) is 7.08. The smallest absolute Gasteiger partial charge is 0.306 e. The summed E-state index contributed by atoms with van der Waals surface area (Å²) in [6.07, 6.45) is 0.878. The summed E-state index contributed by atoms with van der Waals surface area (Å²) in [4.78, 5) is 38.7. The first kappa shape index (κ1) is 18.8. The highest BCUT2D eigenvalue weighted by atomic mass is 16.4. The second-order valence-corrected chi connectivity index (χ2v) is 7.08. The molecule has 1 amide bonds. The Morgan fingerprint density at radius 2 is 1.56 bits per heavy atom. The van der Waals surface area contributed by atoms with Gasteiger partial charge in [0.1, 0.15) is 0 Å². The first-order chi connectivity index (χ1) is 12.9. The number of hydrogen-bond donors (Lipinski definition) is 1. The van der Waals surface area contributed by atoms with E-state index < -0.39 is 11.9 Å². The number of piperidine rings is 1. The van der Waals surface area contributed by atoms with Crippen molar-refractivity contribution in [1.29, 1.82) is 0 Å². The molecule has 1 N–H and O–H groups in total. The summed E-state index contributed by atoms with van der Waals surface area (Å²) in [6.45, 7) is 4.72. The van der Waals surface area contributed by atoms with Gasteiger partial charge in [0.15, 0.2) is 5.78 Å². The highest BCUT2D eigenvalue weighted by Gasteiger charge is 2.29. The molecule has 1 aliphatic heterocycles. The standard InChI is InChI=1S/C22H23NO4/c1-14-7-8-17(13-15(14)2)20(24)18-5-3-4-6-19(18)21(25)23-11-9-16(10-12-23)22(26)27/h3-8,13,16H,9-12H2,1-2H3,(H,26,27). The van der Waals surface area contributed by atoms with Crippen LogP contribution in [0.2, 0.25) is 0 Å². The molecule has 0 radical (unpaired) electrons. The summed E-state index contributed by atoms with van der Waals surface area (Å²) in [7, 11) is 0. The van der Waals surface area contributed by atoms with Crippen LogP contribution in [0.5, 0.6) is 0 Å². The monoisotopic (exact) mass is 365 g/mol. The lowest BCUT2D eigenvalue weighted by Crippen LogP contribution is -2.40. The normalized spacial score (nSPS) is 14.8. The zero-order chi connectivity index (χ0) is 19.6. The minimum absolute atomic E-state index is 0.178. The van der Waals surface area contributed by atoms with Gasteiger partial charge in [0.05, 0.1) is 11.5 Å². The zero-order valence-corrected chi connectivity index (χ0v) is 15.6. The van der Waals surface area contributed by atoms with E-state index in [4.69, 9.17) is 5.11 Å². The topological polar surface area (TPSA) is 74.7 Å². The molecule has 0 aliphatic carbocycles. The Kier molecular flexibility index (Phi) is 5.40. The highest BCUT2D eigenvalue weighted by molar-refractivity contribution is 6.15. The fourth-order valence-corrected chi connectivity index (χ4v) is 3.41. The number of nitrogens with zero attached hydrogens (tertiary/aromatic N) is 1. The van der Waals surface area contributed by atoms with Gasteiger partial charge in [-0.05, 0) is 49.9 Å². The van der Waals surface area contributed by atoms with Crippen LogP contribution in [0.4, 0.5) is 0 Å². The van der Waals surface area contributed by atoms with E-state index in [1.54, 1.807) is 35.2 Å². The summed E-state index contributed by atoms with van der Waals surface area (Å²) in [6, 6.07) is 12.4. The van der Waals surface area contributed by atoms with Crippen LogP contribution in [-0.4, -0.2) is 40.8 Å². The Bertz CT molecular complexity index is 895. The summed E-state index contributed by atoms with van der Waals surface area (Å²) >= 11 is 0. The molecule has 2 aromatic rings. The molecular formula is C22H23NO4. The molecule has 1 aliphatic rings. The summed E-state index contributed by atoms with van der Waals surface area (Å²) < 4.78 is 0. The van der Waals surface area contributed by atoms with E-state index in [9.17, 15) is 14.4 Å². The molecule has 0 unspecified atom stereocenters. The molecule has 2 aromatic carbocycles. The van der Waals surface area contributed by atoms with Crippen molar-refractivity contribution in [2.75, 3.05) is 13.1 Å². The number of ketones is 1. The van der Waals surface area contributed by atoms with Gasteiger partial charge < -0.3 is 10.0 Å². The van der Waals surface area contributed by atoms with Gasteiger partial charge in [0, 0.05) is 24.2 Å². The van der Waals surface area contributed by atoms with Crippen LogP contribution < -0.4 is 0 Å². The predicted molar refractivity (Wildman–Crippen MR) is 102 cm³/mol. The molecule has 0 saturated carbocycles. The third-order valence-corrected chi connectivity index (χ3v) is 5.30. The van der Waals surface area contributed by atoms with Crippen LogP contribution in [0.1, 0.15) is 50.2 Å². The Balaban J connectivity index is 1.85. The number of amides is 1. The number of carbonyl (C=O) groups is 3. The quantitative estimate of drug-likeness (QED) is 0.842. The zero-order valence-electron chi connectivity index (χ0n) is 15.6. The summed E-state index contributed by atoms with van der Waals surface area (Å²) in [5, 5.41) is 9.12. The highest BCUT2D eigenvalue weighted by Crippen LogP contribution is 2.22. The van der Waals surface area contributed by atoms with Crippen LogP contribution in [0.3, 0.4) is 0 Å². The van der Waals surface area contributed by atoms with Gasteiger partial charge >= 0.3 is 5.97 Å². The van der Waals surface area contributed by atoms with E-state index >= 15 is 0 Å². The van der Waals surface area contributed by atoms with Gasteiger partial charge in [-0.15, -0.1) is 0 Å². The maximum atomic E-state index is 13.0. The van der Waals surface area contributed by atoms with Gasteiger partial charge in [-0.1, -0.05) is 30.3 Å². The van der Waals surface area contributed by atoms with Gasteiger partial charge in [-0.25, -0.2) is 0 Å². The maximum absolute atomic E-state index is 13.0. The Hall–Kier alpha value is -2.95. The van der Waals surface area contributed by atoms with Crippen molar-refractivity contribution in [2.45, 2.75) is 26.7 Å². The van der Waals surface area contributed by atoms with Crippen LogP contribution >= 0.6 is 0 Å². The number of aryl methyl sites for hydroxylation is 2. The van der Waals surface area contributed by atoms with E-state index in [-0.39, 0.29) is 11.7 Å². The third kappa shape index (κ3) is 3.92. The van der Waals surface area contributed by atoms with Crippen molar-refractivity contribution in [3.8, 4) is 0 Å². The first-order valence-electron chi connectivity index (χ1n) is 9.11. The Morgan fingerprint density at radius 3 is 2.15 bits per heavy atom. The van der Waals surface area contributed by atoms with Crippen LogP contribution in [-0.2, 0) is 4.79 Å². The number of benzene rings is 2. The van der Waals surface area contributed by atoms with E-state index in [0.29, 0.717) is 42.6 Å². The number of hydrogen-bond acceptors (Lipinski definition) is 3. The van der Waals surface area contributed by atoms with E-state index in [2.05, 4.69) is 0 Å². The van der Waals surface area contributed by atoms with Crippen LogP contribution in [0.25, 0.3) is 0 Å². The van der Waals surface area contributed by atoms with Crippen molar-refractivity contribution >= 4 is 17.7 Å². The average Bonchev–Trinajstić information content (AvgIpc) is 2.69. The molecule has 0 aromatic heterocycles. The number of carbonyl (C=O) groups excluding carboxylic acids is 2. The van der Waals surface area contributed by atoms with E-state index in [1.807, 2.05) is 26.0 Å². The second kappa shape index (κ2) is 7.74. The average molecular weight is 365 g/mol. The van der Waals surface area contributed by atoms with Crippen molar-refractivity contribution in [3.63, 3.8) is 0 Å². The molecule has 3 rings (SSSR count). The molecule has 5 nitrogen and oxygen atoms in total. The Morgan fingerprint density at radius 1 is 0.926 bits per heavy atom. The minimum Gasteiger partial charge on any atom is -0.481 e. The molecule has 5 heteroatoms. The van der Waals surface area contributed by atoms with Crippen molar-refractivity contribution in [3.05, 3.63) is 70.3 Å². The predicted octanol–water partition coefficient (Wildman–Crippen LogP) is 3.47. The lowest BCUT2D eigenvalue weighted by atomic mass is 9.93.